The molecule has 1 N–H and O–H groups in total. The Hall–Kier alpha value is -1.56. The lowest BCUT2D eigenvalue weighted by molar-refractivity contribution is 0.135. The van der Waals surface area contributed by atoms with Crippen LogP contribution in [0.15, 0.2) is 30.3 Å². The van der Waals surface area contributed by atoms with Crippen molar-refractivity contribution in [3.05, 3.63) is 35.9 Å². The molecule has 0 radical (unpaired) electrons. The molecule has 0 spiro atoms. The number of carbonyl (C=O) groups excluding carboxylic acids is 1. The van der Waals surface area contributed by atoms with Crippen molar-refractivity contribution < 1.29 is 17.9 Å². The molecule has 1 aromatic rings. The number of carbonyl (C=O) groups is 1. The van der Waals surface area contributed by atoms with Crippen LogP contribution in [0.1, 0.15) is 18.9 Å². The van der Waals surface area contributed by atoms with Gasteiger partial charge in [0.1, 0.15) is 6.61 Å². The molecule has 0 aromatic heterocycles. The smallest absolute Gasteiger partial charge is 0.407 e. The monoisotopic (exact) mass is 283 g/mol. The number of benzene rings is 1. The first-order valence-electron chi connectivity index (χ1n) is 6.18. The van der Waals surface area contributed by atoms with Gasteiger partial charge in [-0.1, -0.05) is 30.3 Å². The van der Waals surface area contributed by atoms with Gasteiger partial charge >= 0.3 is 6.09 Å². The fourth-order valence-electron chi connectivity index (χ4n) is 2.07. The third-order valence-electron chi connectivity index (χ3n) is 3.36. The SMILES string of the molecule is CC1C(NC(=O)OCc2ccccc2)CCS1(=O)=O. The molecule has 1 heterocycles. The summed E-state index contributed by atoms with van der Waals surface area (Å²) in [7, 11) is -3.06. The molecule has 19 heavy (non-hydrogen) atoms. The highest BCUT2D eigenvalue weighted by atomic mass is 32.2. The van der Waals surface area contributed by atoms with Gasteiger partial charge in [0.15, 0.2) is 9.84 Å². The number of hydrogen-bond acceptors (Lipinski definition) is 4. The molecule has 2 unspecified atom stereocenters. The van der Waals surface area contributed by atoms with Gasteiger partial charge in [0.2, 0.25) is 0 Å². The first kappa shape index (κ1) is 13.9. The number of nitrogens with one attached hydrogen (secondary N) is 1. The fourth-order valence-corrected chi connectivity index (χ4v) is 3.73. The van der Waals surface area contributed by atoms with Crippen LogP contribution in [0.5, 0.6) is 0 Å². The Morgan fingerprint density at radius 3 is 2.63 bits per heavy atom. The molecule has 104 valence electrons. The summed E-state index contributed by atoms with van der Waals surface area (Å²) in [5.41, 5.74) is 0.893. The second-order valence-electron chi connectivity index (χ2n) is 4.67. The minimum atomic E-state index is -3.06. The van der Waals surface area contributed by atoms with Crippen LogP contribution in [0.4, 0.5) is 4.79 Å². The molecule has 2 atom stereocenters. The predicted molar refractivity (Wildman–Crippen MR) is 71.4 cm³/mol. The normalized spacial score (nSPS) is 24.9. The first-order chi connectivity index (χ1) is 8.99. The Kier molecular flexibility index (Phi) is 4.09. The van der Waals surface area contributed by atoms with E-state index in [9.17, 15) is 13.2 Å². The minimum absolute atomic E-state index is 0.123. The maximum atomic E-state index is 11.6. The second kappa shape index (κ2) is 5.61. The minimum Gasteiger partial charge on any atom is -0.445 e. The van der Waals surface area contributed by atoms with Gasteiger partial charge in [-0.2, -0.15) is 0 Å². The van der Waals surface area contributed by atoms with Crippen molar-refractivity contribution in [3.8, 4) is 0 Å². The predicted octanol–water partition coefficient (Wildman–Crippen LogP) is 1.49. The molecule has 1 saturated heterocycles. The lowest BCUT2D eigenvalue weighted by atomic mass is 10.2. The van der Waals surface area contributed by atoms with E-state index in [4.69, 9.17) is 4.74 Å². The summed E-state index contributed by atoms with van der Waals surface area (Å²) >= 11 is 0. The lowest BCUT2D eigenvalue weighted by Crippen LogP contribution is -2.40. The van der Waals surface area contributed by atoms with Gasteiger partial charge in [-0.25, -0.2) is 13.2 Å². The highest BCUT2D eigenvalue weighted by Gasteiger charge is 2.37. The number of ether oxygens (including phenoxy) is 1. The molecule has 1 aromatic carbocycles. The van der Waals surface area contributed by atoms with E-state index in [0.717, 1.165) is 5.56 Å². The van der Waals surface area contributed by atoms with E-state index >= 15 is 0 Å². The summed E-state index contributed by atoms with van der Waals surface area (Å²) in [6, 6.07) is 8.97. The number of rotatable bonds is 3. The standard InChI is InChI=1S/C13H17NO4S/c1-10-12(7-8-19(10,16)17)14-13(15)18-9-11-5-3-2-4-6-11/h2-6,10,12H,7-9H2,1H3,(H,14,15). The van der Waals surface area contributed by atoms with Crippen LogP contribution in [0.2, 0.25) is 0 Å². The Labute approximate surface area is 112 Å². The molecule has 1 aliphatic heterocycles. The zero-order valence-electron chi connectivity index (χ0n) is 10.7. The van der Waals surface area contributed by atoms with Crippen molar-refractivity contribution in [2.75, 3.05) is 5.75 Å². The van der Waals surface area contributed by atoms with Crippen LogP contribution in [0.25, 0.3) is 0 Å². The third kappa shape index (κ3) is 3.47. The van der Waals surface area contributed by atoms with Gasteiger partial charge in [-0.05, 0) is 18.9 Å². The summed E-state index contributed by atoms with van der Waals surface area (Å²) < 4.78 is 28.1. The molecule has 0 bridgehead atoms. The van der Waals surface area contributed by atoms with E-state index < -0.39 is 21.2 Å². The Bertz CT molecular complexity index is 541. The van der Waals surface area contributed by atoms with Gasteiger partial charge in [0, 0.05) is 6.04 Å². The summed E-state index contributed by atoms with van der Waals surface area (Å²) in [6.45, 7) is 1.80. The third-order valence-corrected chi connectivity index (χ3v) is 5.63. The van der Waals surface area contributed by atoms with Gasteiger partial charge in [0.25, 0.3) is 0 Å². The van der Waals surface area contributed by atoms with E-state index in [1.807, 2.05) is 30.3 Å². The van der Waals surface area contributed by atoms with Crippen LogP contribution in [-0.4, -0.2) is 31.6 Å². The number of hydrogen-bond donors (Lipinski definition) is 1. The number of sulfone groups is 1. The summed E-state index contributed by atoms with van der Waals surface area (Å²) in [4.78, 5) is 11.6. The highest BCUT2D eigenvalue weighted by Crippen LogP contribution is 2.20. The molecule has 6 heteroatoms. The highest BCUT2D eigenvalue weighted by molar-refractivity contribution is 7.92. The average molecular weight is 283 g/mol. The van der Waals surface area contributed by atoms with Crippen LogP contribution in [-0.2, 0) is 21.2 Å². The molecule has 5 nitrogen and oxygen atoms in total. The van der Waals surface area contributed by atoms with Crippen molar-refractivity contribution in [1.29, 1.82) is 0 Å². The Balaban J connectivity index is 1.83. The van der Waals surface area contributed by atoms with Crippen LogP contribution in [0.3, 0.4) is 0 Å². The maximum absolute atomic E-state index is 11.6. The van der Waals surface area contributed by atoms with Crippen LogP contribution in [0, 0.1) is 0 Å². The molecular weight excluding hydrogens is 266 g/mol. The van der Waals surface area contributed by atoms with Gasteiger partial charge in [0.05, 0.1) is 11.0 Å². The molecule has 1 fully saturated rings. The first-order valence-corrected chi connectivity index (χ1v) is 7.89. The Morgan fingerprint density at radius 2 is 2.05 bits per heavy atom. The van der Waals surface area contributed by atoms with Crippen LogP contribution < -0.4 is 5.32 Å². The van der Waals surface area contributed by atoms with Crippen molar-refractivity contribution in [2.45, 2.75) is 31.2 Å². The number of alkyl carbamates (subject to hydrolysis) is 1. The van der Waals surface area contributed by atoms with Gasteiger partial charge < -0.3 is 10.1 Å². The average Bonchev–Trinajstić information content (AvgIpc) is 2.65. The van der Waals surface area contributed by atoms with Crippen LogP contribution >= 0.6 is 0 Å². The molecule has 2 rings (SSSR count). The fraction of sp³-hybridized carbons (Fsp3) is 0.462. The topological polar surface area (TPSA) is 72.5 Å². The Morgan fingerprint density at radius 1 is 1.37 bits per heavy atom. The summed E-state index contributed by atoms with van der Waals surface area (Å²) in [5.74, 6) is 0.123. The largest absolute Gasteiger partial charge is 0.445 e. The number of amides is 1. The zero-order valence-corrected chi connectivity index (χ0v) is 11.5. The maximum Gasteiger partial charge on any atom is 0.407 e. The van der Waals surface area contributed by atoms with Gasteiger partial charge in [-0.3, -0.25) is 0 Å². The molecule has 0 aliphatic carbocycles. The zero-order chi connectivity index (χ0) is 13.9. The van der Waals surface area contributed by atoms with E-state index in [2.05, 4.69) is 5.32 Å². The van der Waals surface area contributed by atoms with Crippen molar-refractivity contribution in [3.63, 3.8) is 0 Å². The molecule has 1 amide bonds. The quantitative estimate of drug-likeness (QED) is 0.912. The molecule has 0 saturated carbocycles. The van der Waals surface area contributed by atoms with Crippen molar-refractivity contribution >= 4 is 15.9 Å². The second-order valence-corrected chi connectivity index (χ2v) is 7.15. The van der Waals surface area contributed by atoms with Crippen molar-refractivity contribution in [2.24, 2.45) is 0 Å². The lowest BCUT2D eigenvalue weighted by Gasteiger charge is -2.16. The summed E-state index contributed by atoms with van der Waals surface area (Å²) in [5, 5.41) is 2.07. The van der Waals surface area contributed by atoms with E-state index in [0.29, 0.717) is 6.42 Å². The van der Waals surface area contributed by atoms with Gasteiger partial charge in [-0.15, -0.1) is 0 Å². The molecule has 1 aliphatic rings. The molecular formula is C13H17NO4S. The van der Waals surface area contributed by atoms with Crippen molar-refractivity contribution in [1.82, 2.24) is 5.32 Å². The van der Waals surface area contributed by atoms with E-state index in [1.165, 1.54) is 0 Å². The summed E-state index contributed by atoms with van der Waals surface area (Å²) in [6.07, 6.45) is -0.123. The van der Waals surface area contributed by atoms with E-state index in [-0.39, 0.29) is 18.4 Å². The van der Waals surface area contributed by atoms with E-state index in [1.54, 1.807) is 6.92 Å².